The van der Waals surface area contributed by atoms with Gasteiger partial charge in [-0.05, 0) is 31.4 Å². The molecule has 0 bridgehead atoms. The third-order valence-electron chi connectivity index (χ3n) is 3.41. The first-order chi connectivity index (χ1) is 9.83. The maximum Gasteiger partial charge on any atom is 0.229 e. The molecule has 1 aliphatic rings. The third kappa shape index (κ3) is 2.77. The normalized spacial score (nSPS) is 17.9. The van der Waals surface area contributed by atoms with Crippen LogP contribution in [0.5, 0.6) is 0 Å². The molecule has 0 aliphatic heterocycles. The molecule has 0 saturated carbocycles. The Labute approximate surface area is 117 Å². The summed E-state index contributed by atoms with van der Waals surface area (Å²) in [6, 6.07) is 9.69. The molecule has 1 aromatic heterocycles. The molecule has 1 N–H and O–H groups in total. The summed E-state index contributed by atoms with van der Waals surface area (Å²) in [5.74, 6) is 0.560. The maximum absolute atomic E-state index is 12.1. The summed E-state index contributed by atoms with van der Waals surface area (Å²) in [5.41, 5.74) is 0.918. The van der Waals surface area contributed by atoms with E-state index in [0.29, 0.717) is 5.82 Å². The van der Waals surface area contributed by atoms with Crippen molar-refractivity contribution < 1.29 is 4.79 Å². The Kier molecular flexibility index (Phi) is 3.58. The van der Waals surface area contributed by atoms with Gasteiger partial charge in [-0.3, -0.25) is 4.79 Å². The fraction of sp³-hybridized carbons (Fsp3) is 0.267. The predicted molar refractivity (Wildman–Crippen MR) is 76.5 cm³/mol. The lowest BCUT2D eigenvalue weighted by Gasteiger charge is -2.15. The highest BCUT2D eigenvalue weighted by molar-refractivity contribution is 5.91. The van der Waals surface area contributed by atoms with Crippen molar-refractivity contribution in [2.45, 2.75) is 19.3 Å². The number of nitrogens with zero attached hydrogens (tertiary/aromatic N) is 3. The lowest BCUT2D eigenvalue weighted by molar-refractivity contribution is -0.120. The summed E-state index contributed by atoms with van der Waals surface area (Å²) in [6.45, 7) is 0. The van der Waals surface area contributed by atoms with Crippen LogP contribution in [0.3, 0.4) is 0 Å². The number of para-hydroxylation sites is 1. The Morgan fingerprint density at radius 3 is 2.85 bits per heavy atom. The van der Waals surface area contributed by atoms with Gasteiger partial charge in [0.25, 0.3) is 0 Å². The molecule has 2 aromatic rings. The summed E-state index contributed by atoms with van der Waals surface area (Å²) >= 11 is 0. The van der Waals surface area contributed by atoms with E-state index in [1.165, 1.54) is 0 Å². The van der Waals surface area contributed by atoms with E-state index in [1.807, 2.05) is 30.3 Å². The van der Waals surface area contributed by atoms with Crippen LogP contribution in [-0.4, -0.2) is 20.9 Å². The Bertz CT molecular complexity index is 618. The minimum absolute atomic E-state index is 0.0226. The number of carbonyl (C=O) groups excluding carboxylic acids is 1. The van der Waals surface area contributed by atoms with E-state index in [-0.39, 0.29) is 11.8 Å². The number of hydrogen-bond acceptors (Lipinski definition) is 3. The van der Waals surface area contributed by atoms with Gasteiger partial charge in [0.05, 0.1) is 11.9 Å². The van der Waals surface area contributed by atoms with Crippen molar-refractivity contribution in [1.82, 2.24) is 15.0 Å². The van der Waals surface area contributed by atoms with Crippen LogP contribution < -0.4 is 5.32 Å². The van der Waals surface area contributed by atoms with Gasteiger partial charge in [0.15, 0.2) is 5.82 Å². The molecule has 5 heteroatoms. The maximum atomic E-state index is 12.1. The number of benzene rings is 1. The van der Waals surface area contributed by atoms with Crippen LogP contribution in [0.1, 0.15) is 19.3 Å². The van der Waals surface area contributed by atoms with Crippen LogP contribution in [0, 0.1) is 5.92 Å². The van der Waals surface area contributed by atoms with Crippen LogP contribution in [0.4, 0.5) is 5.82 Å². The molecule has 0 radical (unpaired) electrons. The number of rotatable bonds is 3. The first-order valence-corrected chi connectivity index (χ1v) is 6.76. The predicted octanol–water partition coefficient (Wildman–Crippen LogP) is 2.56. The first kappa shape index (κ1) is 12.6. The lowest BCUT2D eigenvalue weighted by Crippen LogP contribution is -2.23. The zero-order chi connectivity index (χ0) is 13.8. The number of carbonyl (C=O) groups is 1. The topological polar surface area (TPSA) is 59.8 Å². The summed E-state index contributed by atoms with van der Waals surface area (Å²) in [6.07, 6.45) is 8.58. The highest BCUT2D eigenvalue weighted by atomic mass is 16.2. The summed E-state index contributed by atoms with van der Waals surface area (Å²) in [4.78, 5) is 12.1. The number of anilines is 1. The van der Waals surface area contributed by atoms with Gasteiger partial charge in [-0.2, -0.15) is 0 Å². The zero-order valence-electron chi connectivity index (χ0n) is 11.1. The van der Waals surface area contributed by atoms with E-state index >= 15 is 0 Å². The molecule has 1 aliphatic carbocycles. The number of hydrogen-bond donors (Lipinski definition) is 1. The molecule has 102 valence electrons. The zero-order valence-corrected chi connectivity index (χ0v) is 11.1. The van der Waals surface area contributed by atoms with Crippen molar-refractivity contribution in [1.29, 1.82) is 0 Å². The second kappa shape index (κ2) is 5.69. The van der Waals surface area contributed by atoms with Crippen molar-refractivity contribution >= 4 is 11.7 Å². The minimum Gasteiger partial charge on any atom is -0.308 e. The fourth-order valence-corrected chi connectivity index (χ4v) is 2.29. The monoisotopic (exact) mass is 268 g/mol. The molecule has 1 heterocycles. The van der Waals surface area contributed by atoms with Crippen molar-refractivity contribution in [3.05, 3.63) is 48.7 Å². The largest absolute Gasteiger partial charge is 0.308 e. The molecular formula is C15H16N4O. The van der Waals surface area contributed by atoms with Crippen molar-refractivity contribution in [3.8, 4) is 5.69 Å². The van der Waals surface area contributed by atoms with E-state index in [1.54, 1.807) is 10.9 Å². The van der Waals surface area contributed by atoms with Crippen molar-refractivity contribution in [3.63, 3.8) is 0 Å². The lowest BCUT2D eigenvalue weighted by atomic mass is 9.94. The molecule has 0 fully saturated rings. The first-order valence-electron chi connectivity index (χ1n) is 6.76. The molecule has 1 unspecified atom stereocenters. The quantitative estimate of drug-likeness (QED) is 0.870. The van der Waals surface area contributed by atoms with E-state index in [4.69, 9.17) is 0 Å². The van der Waals surface area contributed by atoms with Gasteiger partial charge >= 0.3 is 0 Å². The molecule has 1 atom stereocenters. The van der Waals surface area contributed by atoms with Crippen molar-refractivity contribution in [2.24, 2.45) is 5.92 Å². The van der Waals surface area contributed by atoms with Crippen LogP contribution in [0.25, 0.3) is 5.69 Å². The van der Waals surface area contributed by atoms with E-state index in [0.717, 1.165) is 24.9 Å². The second-order valence-corrected chi connectivity index (χ2v) is 4.85. The molecule has 3 rings (SSSR count). The summed E-state index contributed by atoms with van der Waals surface area (Å²) in [7, 11) is 0. The van der Waals surface area contributed by atoms with Gasteiger partial charge in [0, 0.05) is 5.92 Å². The average molecular weight is 268 g/mol. The van der Waals surface area contributed by atoms with Gasteiger partial charge in [-0.1, -0.05) is 35.6 Å². The molecule has 1 amide bonds. The van der Waals surface area contributed by atoms with Gasteiger partial charge in [0.1, 0.15) is 0 Å². The number of allylic oxidation sites excluding steroid dienone is 2. The van der Waals surface area contributed by atoms with E-state index < -0.39 is 0 Å². The van der Waals surface area contributed by atoms with Gasteiger partial charge in [0.2, 0.25) is 5.91 Å². The van der Waals surface area contributed by atoms with Crippen molar-refractivity contribution in [2.75, 3.05) is 5.32 Å². The molecule has 0 spiro atoms. The van der Waals surface area contributed by atoms with Gasteiger partial charge < -0.3 is 5.32 Å². The van der Waals surface area contributed by atoms with Crippen LogP contribution >= 0.6 is 0 Å². The molecule has 20 heavy (non-hydrogen) atoms. The Balaban J connectivity index is 1.68. The Morgan fingerprint density at radius 2 is 2.10 bits per heavy atom. The second-order valence-electron chi connectivity index (χ2n) is 4.85. The SMILES string of the molecule is O=C(Nc1cn(-c2ccccc2)nn1)C1CC=CCC1. The molecule has 5 nitrogen and oxygen atoms in total. The van der Waals surface area contributed by atoms with E-state index in [2.05, 4.69) is 27.8 Å². The summed E-state index contributed by atoms with van der Waals surface area (Å²) in [5, 5.41) is 10.8. The van der Waals surface area contributed by atoms with E-state index in [9.17, 15) is 4.79 Å². The molecule has 0 saturated heterocycles. The average Bonchev–Trinajstić information content (AvgIpc) is 2.97. The van der Waals surface area contributed by atoms with Crippen LogP contribution in [0.15, 0.2) is 48.7 Å². The molecule has 1 aromatic carbocycles. The highest BCUT2D eigenvalue weighted by Gasteiger charge is 2.19. The Morgan fingerprint density at radius 1 is 1.25 bits per heavy atom. The number of amides is 1. The van der Waals surface area contributed by atoms with Crippen LogP contribution in [0.2, 0.25) is 0 Å². The van der Waals surface area contributed by atoms with Gasteiger partial charge in [-0.15, -0.1) is 5.10 Å². The standard InChI is InChI=1S/C15H16N4O/c20-15(12-7-3-1-4-8-12)16-14-11-19(18-17-14)13-9-5-2-6-10-13/h1-3,5-6,9-12H,4,7-8H2,(H,16,20). The number of aromatic nitrogens is 3. The number of nitrogens with one attached hydrogen (secondary N) is 1. The minimum atomic E-state index is 0.0226. The Hall–Kier alpha value is -2.43. The van der Waals surface area contributed by atoms with Crippen LogP contribution in [-0.2, 0) is 4.79 Å². The summed E-state index contributed by atoms with van der Waals surface area (Å²) < 4.78 is 1.65. The fourth-order valence-electron chi connectivity index (χ4n) is 2.29. The van der Waals surface area contributed by atoms with Gasteiger partial charge in [-0.25, -0.2) is 4.68 Å². The smallest absolute Gasteiger partial charge is 0.229 e. The highest BCUT2D eigenvalue weighted by Crippen LogP contribution is 2.19. The third-order valence-corrected chi connectivity index (χ3v) is 3.41. The molecular weight excluding hydrogens is 252 g/mol.